The van der Waals surface area contributed by atoms with E-state index in [1.54, 1.807) is 15.2 Å². The summed E-state index contributed by atoms with van der Waals surface area (Å²) in [6.07, 6.45) is 7.46. The van der Waals surface area contributed by atoms with Crippen molar-refractivity contribution in [2.75, 3.05) is 26.2 Å². The number of nitrogens with zero attached hydrogens (tertiary/aromatic N) is 5. The maximum Gasteiger partial charge on any atom is 0.270 e. The molecule has 0 saturated carbocycles. The Kier molecular flexibility index (Phi) is 6.42. The van der Waals surface area contributed by atoms with Crippen LogP contribution in [-0.4, -0.2) is 56.3 Å². The second-order valence-corrected chi connectivity index (χ2v) is 9.30. The lowest BCUT2D eigenvalue weighted by molar-refractivity contribution is 0.171. The third-order valence-electron chi connectivity index (χ3n) is 7.15. The molecule has 1 N–H and O–H groups in total. The molecule has 6 heterocycles. The summed E-state index contributed by atoms with van der Waals surface area (Å²) >= 11 is 0. The van der Waals surface area contributed by atoms with Gasteiger partial charge in [-0.15, -0.1) is 12.4 Å². The van der Waals surface area contributed by atoms with Gasteiger partial charge in [-0.05, 0) is 56.5 Å². The number of aromatic nitrogens is 4. The first kappa shape index (κ1) is 23.0. The van der Waals surface area contributed by atoms with Crippen molar-refractivity contribution in [1.82, 2.24) is 29.3 Å². The van der Waals surface area contributed by atoms with Crippen molar-refractivity contribution in [1.29, 1.82) is 0 Å². The summed E-state index contributed by atoms with van der Waals surface area (Å²) in [6, 6.07) is 5.82. The summed E-state index contributed by atoms with van der Waals surface area (Å²) in [5.74, 6) is 0.931. The van der Waals surface area contributed by atoms with Gasteiger partial charge in [0.15, 0.2) is 0 Å². The summed E-state index contributed by atoms with van der Waals surface area (Å²) < 4.78 is 9.12. The summed E-state index contributed by atoms with van der Waals surface area (Å²) in [5.41, 5.74) is 3.47. The molecule has 3 aromatic heterocycles. The number of hydrogen-bond acceptors (Lipinski definition) is 7. The standard InChI is InChI=1S/C24H28N6O3.ClH/c31-22-4-3-20-24-29(22)15-19(30(24)23(32)13-27-20)14-28-7-5-17(6-8-28)25-11-18-10-16-2-1-9-33-21(16)12-26-18;/h3-4,10,12-13,17,19,25H,1-2,5-9,11,14-15H2;1H/t19-;/m1./s1. The normalized spacial score (nSPS) is 20.1. The molecule has 6 rings (SSSR count). The Labute approximate surface area is 203 Å². The van der Waals surface area contributed by atoms with E-state index in [4.69, 9.17) is 4.74 Å². The number of aryl methyl sites for hydroxylation is 1. The van der Waals surface area contributed by atoms with Crippen molar-refractivity contribution < 1.29 is 4.74 Å². The SMILES string of the molecule is Cl.O=c1ccc2ncc(=O)n3c2n1C[C@H]3CN1CCC(NCc2cc3c(cn2)OCCC3)CC1. The summed E-state index contributed by atoms with van der Waals surface area (Å²) in [4.78, 5) is 36.1. The molecule has 0 radical (unpaired) electrons. The Morgan fingerprint density at radius 1 is 1.09 bits per heavy atom. The molecule has 3 aliphatic heterocycles. The zero-order valence-electron chi connectivity index (χ0n) is 19.0. The predicted octanol–water partition coefficient (Wildman–Crippen LogP) is 1.51. The van der Waals surface area contributed by atoms with Crippen LogP contribution in [0.15, 0.2) is 40.2 Å². The van der Waals surface area contributed by atoms with Crippen molar-refractivity contribution in [2.45, 2.75) is 50.9 Å². The highest BCUT2D eigenvalue weighted by Crippen LogP contribution is 2.25. The van der Waals surface area contributed by atoms with Crippen LogP contribution in [-0.2, 0) is 19.5 Å². The van der Waals surface area contributed by atoms with Crippen LogP contribution in [0.3, 0.4) is 0 Å². The van der Waals surface area contributed by atoms with Gasteiger partial charge in [0.25, 0.3) is 11.1 Å². The highest BCUT2D eigenvalue weighted by atomic mass is 35.5. The van der Waals surface area contributed by atoms with Gasteiger partial charge in [-0.2, -0.15) is 0 Å². The van der Waals surface area contributed by atoms with E-state index in [1.807, 2.05) is 6.20 Å². The summed E-state index contributed by atoms with van der Waals surface area (Å²) in [6.45, 7) is 4.78. The third-order valence-corrected chi connectivity index (χ3v) is 7.15. The van der Waals surface area contributed by atoms with Crippen LogP contribution in [0, 0.1) is 0 Å². The van der Waals surface area contributed by atoms with E-state index < -0.39 is 0 Å². The van der Waals surface area contributed by atoms with Crippen molar-refractivity contribution in [3.63, 3.8) is 0 Å². The molecule has 1 fully saturated rings. The van der Waals surface area contributed by atoms with Crippen LogP contribution in [0.1, 0.15) is 36.6 Å². The molecule has 0 aromatic carbocycles. The monoisotopic (exact) mass is 484 g/mol. The largest absolute Gasteiger partial charge is 0.492 e. The highest BCUT2D eigenvalue weighted by Gasteiger charge is 2.29. The Morgan fingerprint density at radius 2 is 1.94 bits per heavy atom. The predicted molar refractivity (Wildman–Crippen MR) is 131 cm³/mol. The first-order chi connectivity index (χ1) is 16.2. The zero-order chi connectivity index (χ0) is 22.4. The summed E-state index contributed by atoms with van der Waals surface area (Å²) in [5, 5.41) is 3.67. The van der Waals surface area contributed by atoms with Gasteiger partial charge >= 0.3 is 0 Å². The fourth-order valence-corrected chi connectivity index (χ4v) is 5.43. The molecular weight excluding hydrogens is 456 g/mol. The molecule has 0 aliphatic carbocycles. The average Bonchev–Trinajstić information content (AvgIpc) is 3.23. The average molecular weight is 485 g/mol. The van der Waals surface area contributed by atoms with E-state index in [0.717, 1.165) is 69.9 Å². The van der Waals surface area contributed by atoms with Crippen LogP contribution in [0.25, 0.3) is 11.2 Å². The van der Waals surface area contributed by atoms with Crippen molar-refractivity contribution in [2.24, 2.45) is 0 Å². The highest BCUT2D eigenvalue weighted by molar-refractivity contribution is 5.85. The first-order valence-corrected chi connectivity index (χ1v) is 11.8. The van der Waals surface area contributed by atoms with Crippen LogP contribution in [0.4, 0.5) is 0 Å². The quantitative estimate of drug-likeness (QED) is 0.586. The van der Waals surface area contributed by atoms with E-state index in [-0.39, 0.29) is 29.6 Å². The molecule has 180 valence electrons. The number of hydrogen-bond donors (Lipinski definition) is 1. The molecule has 0 amide bonds. The molecule has 10 heteroatoms. The molecule has 0 spiro atoms. The number of rotatable bonds is 5. The smallest absolute Gasteiger partial charge is 0.270 e. The van der Waals surface area contributed by atoms with Crippen LogP contribution in [0.5, 0.6) is 5.75 Å². The number of ether oxygens (including phenoxy) is 1. The Balaban J connectivity index is 0.00000241. The van der Waals surface area contributed by atoms with E-state index in [0.29, 0.717) is 23.8 Å². The van der Waals surface area contributed by atoms with E-state index in [9.17, 15) is 9.59 Å². The Morgan fingerprint density at radius 3 is 2.79 bits per heavy atom. The Bertz CT molecular complexity index is 1310. The lowest BCUT2D eigenvalue weighted by Gasteiger charge is -2.34. The molecule has 3 aromatic rings. The fourth-order valence-electron chi connectivity index (χ4n) is 5.43. The van der Waals surface area contributed by atoms with E-state index >= 15 is 0 Å². The van der Waals surface area contributed by atoms with Crippen LogP contribution in [0.2, 0.25) is 0 Å². The van der Waals surface area contributed by atoms with Gasteiger partial charge in [0.1, 0.15) is 16.9 Å². The minimum Gasteiger partial charge on any atom is -0.492 e. The minimum absolute atomic E-state index is 0. The lowest BCUT2D eigenvalue weighted by atomic mass is 10.0. The van der Waals surface area contributed by atoms with Crippen molar-refractivity contribution >= 4 is 23.6 Å². The maximum absolute atomic E-state index is 12.6. The lowest BCUT2D eigenvalue weighted by Crippen LogP contribution is -2.44. The minimum atomic E-state index is -0.135. The number of nitrogens with one attached hydrogen (secondary N) is 1. The maximum atomic E-state index is 12.6. The Hall–Kier alpha value is -2.75. The van der Waals surface area contributed by atoms with E-state index in [1.165, 1.54) is 17.8 Å². The van der Waals surface area contributed by atoms with Gasteiger partial charge in [-0.3, -0.25) is 23.7 Å². The van der Waals surface area contributed by atoms with Crippen molar-refractivity contribution in [3.05, 3.63) is 62.6 Å². The number of halogens is 1. The van der Waals surface area contributed by atoms with Crippen molar-refractivity contribution in [3.8, 4) is 5.75 Å². The molecule has 3 aliphatic rings. The topological polar surface area (TPSA) is 94.3 Å². The van der Waals surface area contributed by atoms with Gasteiger partial charge < -0.3 is 15.0 Å². The van der Waals surface area contributed by atoms with E-state index in [2.05, 4.69) is 26.3 Å². The molecular formula is C24H29ClN6O3. The van der Waals surface area contributed by atoms with Crippen LogP contribution < -0.4 is 21.2 Å². The second kappa shape index (κ2) is 9.48. The number of piperidine rings is 1. The van der Waals surface area contributed by atoms with Gasteiger partial charge in [0, 0.05) is 31.7 Å². The number of pyridine rings is 2. The van der Waals surface area contributed by atoms with Gasteiger partial charge in [-0.25, -0.2) is 4.98 Å². The second-order valence-electron chi connectivity index (χ2n) is 9.30. The molecule has 34 heavy (non-hydrogen) atoms. The van der Waals surface area contributed by atoms with Crippen LogP contribution >= 0.6 is 12.4 Å². The van der Waals surface area contributed by atoms with Gasteiger partial charge in [0.05, 0.1) is 30.7 Å². The van der Waals surface area contributed by atoms with Gasteiger partial charge in [0.2, 0.25) is 0 Å². The third kappa shape index (κ3) is 4.23. The molecule has 1 atom stereocenters. The molecule has 0 unspecified atom stereocenters. The zero-order valence-corrected chi connectivity index (χ0v) is 19.8. The van der Waals surface area contributed by atoms with Gasteiger partial charge in [-0.1, -0.05) is 0 Å². The molecule has 9 nitrogen and oxygen atoms in total. The number of fused-ring (bicyclic) bond motifs is 1. The molecule has 1 saturated heterocycles. The fraction of sp³-hybridized carbons (Fsp3) is 0.500. The summed E-state index contributed by atoms with van der Waals surface area (Å²) in [7, 11) is 0. The molecule has 0 bridgehead atoms. The first-order valence-electron chi connectivity index (χ1n) is 11.8. The number of likely N-dealkylation sites (tertiary alicyclic amines) is 1.